The molecule has 0 radical (unpaired) electrons. The van der Waals surface area contributed by atoms with Crippen LogP contribution in [0.3, 0.4) is 0 Å². The molecular weight excluding hydrogens is 280 g/mol. The summed E-state index contributed by atoms with van der Waals surface area (Å²) in [5, 5.41) is 0. The summed E-state index contributed by atoms with van der Waals surface area (Å²) in [5.74, 6) is 0. The Labute approximate surface area is 117 Å². The summed E-state index contributed by atoms with van der Waals surface area (Å²) in [7, 11) is -3.44. The lowest BCUT2D eigenvalue weighted by Gasteiger charge is -2.09. The van der Waals surface area contributed by atoms with Crippen LogP contribution >= 0.6 is 11.3 Å². The van der Waals surface area contributed by atoms with Gasteiger partial charge in [-0.3, -0.25) is 0 Å². The molecule has 6 heteroatoms. The molecule has 0 saturated heterocycles. The third-order valence-corrected chi connectivity index (χ3v) is 5.81. The topological polar surface area (TPSA) is 72.2 Å². The standard InChI is InChI=1S/C13H16N2O2S2/c1-9-6-7-13(18-9)19(16,17)15-8-11-4-3-5-12(14)10(11)2/h3-7,15H,8,14H2,1-2H3. The lowest BCUT2D eigenvalue weighted by molar-refractivity contribution is 0.583. The Bertz CT molecular complexity index is 690. The highest BCUT2D eigenvalue weighted by Crippen LogP contribution is 2.21. The van der Waals surface area contributed by atoms with Crippen molar-refractivity contribution in [2.75, 3.05) is 5.73 Å². The molecule has 102 valence electrons. The van der Waals surface area contributed by atoms with Crippen LogP contribution in [0.1, 0.15) is 16.0 Å². The summed E-state index contributed by atoms with van der Waals surface area (Å²) in [6.07, 6.45) is 0. The summed E-state index contributed by atoms with van der Waals surface area (Å²) in [6.45, 7) is 4.01. The van der Waals surface area contributed by atoms with Gasteiger partial charge in [-0.05, 0) is 43.2 Å². The van der Waals surface area contributed by atoms with Crippen molar-refractivity contribution in [1.29, 1.82) is 0 Å². The first-order valence-corrected chi connectivity index (χ1v) is 8.10. The maximum atomic E-state index is 12.1. The van der Waals surface area contributed by atoms with Crippen LogP contribution in [0.4, 0.5) is 5.69 Å². The van der Waals surface area contributed by atoms with Gasteiger partial charge < -0.3 is 5.73 Å². The number of aryl methyl sites for hydroxylation is 1. The summed E-state index contributed by atoms with van der Waals surface area (Å²) in [5.41, 5.74) is 8.27. The van der Waals surface area contributed by atoms with Crippen molar-refractivity contribution in [3.8, 4) is 0 Å². The number of benzene rings is 1. The minimum absolute atomic E-state index is 0.246. The monoisotopic (exact) mass is 296 g/mol. The minimum Gasteiger partial charge on any atom is -0.399 e. The van der Waals surface area contributed by atoms with Gasteiger partial charge in [-0.25, -0.2) is 13.1 Å². The van der Waals surface area contributed by atoms with E-state index >= 15 is 0 Å². The summed E-state index contributed by atoms with van der Waals surface area (Å²) < 4.78 is 27.1. The molecule has 4 nitrogen and oxygen atoms in total. The Morgan fingerprint density at radius 3 is 2.58 bits per heavy atom. The van der Waals surface area contributed by atoms with Gasteiger partial charge in [0.1, 0.15) is 4.21 Å². The molecule has 0 atom stereocenters. The fraction of sp³-hybridized carbons (Fsp3) is 0.231. The van der Waals surface area contributed by atoms with Gasteiger partial charge in [-0.2, -0.15) is 0 Å². The van der Waals surface area contributed by atoms with Crippen molar-refractivity contribution in [3.63, 3.8) is 0 Å². The van der Waals surface area contributed by atoms with Crippen LogP contribution in [0.25, 0.3) is 0 Å². The van der Waals surface area contributed by atoms with Gasteiger partial charge in [0.2, 0.25) is 10.0 Å². The van der Waals surface area contributed by atoms with Crippen molar-refractivity contribution in [2.24, 2.45) is 0 Å². The molecule has 0 amide bonds. The number of rotatable bonds is 4. The summed E-state index contributed by atoms with van der Waals surface area (Å²) in [4.78, 5) is 0.973. The fourth-order valence-corrected chi connectivity index (χ4v) is 4.03. The van der Waals surface area contributed by atoms with Crippen molar-refractivity contribution < 1.29 is 8.42 Å². The molecule has 1 heterocycles. The molecular formula is C13H16N2O2S2. The number of nitrogens with two attached hydrogens (primary N) is 1. The zero-order chi connectivity index (χ0) is 14.0. The number of anilines is 1. The van der Waals surface area contributed by atoms with Crippen LogP contribution in [0.15, 0.2) is 34.5 Å². The number of hydrogen-bond acceptors (Lipinski definition) is 4. The van der Waals surface area contributed by atoms with E-state index in [2.05, 4.69) is 4.72 Å². The Kier molecular flexibility index (Phi) is 3.93. The first kappa shape index (κ1) is 14.0. The summed E-state index contributed by atoms with van der Waals surface area (Å²) in [6, 6.07) is 8.91. The minimum atomic E-state index is -3.44. The van der Waals surface area contributed by atoms with E-state index in [1.165, 1.54) is 11.3 Å². The van der Waals surface area contributed by atoms with E-state index < -0.39 is 10.0 Å². The van der Waals surface area contributed by atoms with Crippen LogP contribution in [-0.4, -0.2) is 8.42 Å². The normalized spacial score (nSPS) is 11.7. The van der Waals surface area contributed by atoms with Crippen LogP contribution < -0.4 is 10.5 Å². The van der Waals surface area contributed by atoms with E-state index in [1.807, 2.05) is 26.0 Å². The second-order valence-electron chi connectivity index (χ2n) is 4.32. The third-order valence-electron chi connectivity index (χ3n) is 2.92. The van der Waals surface area contributed by atoms with E-state index in [9.17, 15) is 8.42 Å². The van der Waals surface area contributed by atoms with Crippen molar-refractivity contribution in [2.45, 2.75) is 24.6 Å². The number of nitrogens with one attached hydrogen (secondary N) is 1. The number of nitrogen functional groups attached to an aromatic ring is 1. The average Bonchev–Trinajstić information content (AvgIpc) is 2.79. The van der Waals surface area contributed by atoms with Crippen molar-refractivity contribution in [3.05, 3.63) is 46.3 Å². The number of sulfonamides is 1. The highest BCUT2D eigenvalue weighted by Gasteiger charge is 2.16. The molecule has 2 rings (SSSR count). The maximum absolute atomic E-state index is 12.1. The Balaban J connectivity index is 2.16. The van der Waals surface area contributed by atoms with Gasteiger partial charge in [0.15, 0.2) is 0 Å². The van der Waals surface area contributed by atoms with Crippen LogP contribution in [0, 0.1) is 13.8 Å². The van der Waals surface area contributed by atoms with E-state index in [1.54, 1.807) is 18.2 Å². The van der Waals surface area contributed by atoms with Gasteiger partial charge in [-0.15, -0.1) is 11.3 Å². The molecule has 0 aliphatic rings. The molecule has 3 N–H and O–H groups in total. The average molecular weight is 296 g/mol. The van der Waals surface area contributed by atoms with E-state index in [4.69, 9.17) is 5.73 Å². The van der Waals surface area contributed by atoms with Crippen LogP contribution in [0.5, 0.6) is 0 Å². The van der Waals surface area contributed by atoms with Gasteiger partial charge in [-0.1, -0.05) is 12.1 Å². The molecule has 0 fully saturated rings. The molecule has 1 aromatic carbocycles. The predicted octanol–water partition coefficient (Wildman–Crippen LogP) is 2.43. The van der Waals surface area contributed by atoms with Crippen molar-refractivity contribution in [1.82, 2.24) is 4.72 Å². The van der Waals surface area contributed by atoms with Crippen LogP contribution in [-0.2, 0) is 16.6 Å². The van der Waals surface area contributed by atoms with E-state index in [0.29, 0.717) is 9.90 Å². The maximum Gasteiger partial charge on any atom is 0.250 e. The molecule has 0 saturated carbocycles. The first-order valence-electron chi connectivity index (χ1n) is 5.80. The van der Waals surface area contributed by atoms with Crippen LogP contribution in [0.2, 0.25) is 0 Å². The van der Waals surface area contributed by atoms with Gasteiger partial charge in [0.25, 0.3) is 0 Å². The zero-order valence-corrected chi connectivity index (χ0v) is 12.4. The lowest BCUT2D eigenvalue weighted by Crippen LogP contribution is -2.22. The molecule has 0 unspecified atom stereocenters. The lowest BCUT2D eigenvalue weighted by atomic mass is 10.1. The Morgan fingerprint density at radius 2 is 1.95 bits per heavy atom. The fourth-order valence-electron chi connectivity index (χ4n) is 1.70. The van der Waals surface area contributed by atoms with Crippen molar-refractivity contribution >= 4 is 27.0 Å². The van der Waals surface area contributed by atoms with Gasteiger partial charge >= 0.3 is 0 Å². The smallest absolute Gasteiger partial charge is 0.250 e. The second-order valence-corrected chi connectivity index (χ2v) is 7.60. The molecule has 19 heavy (non-hydrogen) atoms. The number of thiophene rings is 1. The highest BCUT2D eigenvalue weighted by molar-refractivity contribution is 7.91. The molecule has 0 spiro atoms. The second kappa shape index (κ2) is 5.32. The number of hydrogen-bond donors (Lipinski definition) is 2. The molecule has 1 aromatic heterocycles. The largest absolute Gasteiger partial charge is 0.399 e. The Hall–Kier alpha value is -1.37. The quantitative estimate of drug-likeness (QED) is 0.851. The Morgan fingerprint density at radius 1 is 1.21 bits per heavy atom. The summed E-state index contributed by atoms with van der Waals surface area (Å²) >= 11 is 1.26. The van der Waals surface area contributed by atoms with E-state index in [-0.39, 0.29) is 6.54 Å². The predicted molar refractivity (Wildman–Crippen MR) is 78.7 cm³/mol. The van der Waals surface area contributed by atoms with Gasteiger partial charge in [0.05, 0.1) is 0 Å². The zero-order valence-electron chi connectivity index (χ0n) is 10.8. The molecule has 0 aliphatic heterocycles. The molecule has 0 aliphatic carbocycles. The third kappa shape index (κ3) is 3.15. The molecule has 2 aromatic rings. The molecule has 0 bridgehead atoms. The first-order chi connectivity index (χ1) is 8.90. The van der Waals surface area contributed by atoms with Gasteiger partial charge in [0, 0.05) is 17.1 Å². The highest BCUT2D eigenvalue weighted by atomic mass is 32.2. The SMILES string of the molecule is Cc1ccc(S(=O)(=O)NCc2cccc(N)c2C)s1. The van der Waals surface area contributed by atoms with E-state index in [0.717, 1.165) is 16.0 Å².